The molecule has 2 aliphatic rings. The fourth-order valence-electron chi connectivity index (χ4n) is 5.96. The molecule has 0 amide bonds. The average molecular weight is 497 g/mol. The van der Waals surface area contributed by atoms with Crippen molar-refractivity contribution in [3.05, 3.63) is 95.3 Å². The van der Waals surface area contributed by atoms with Crippen LogP contribution >= 0.6 is 0 Å². The van der Waals surface area contributed by atoms with E-state index in [1.54, 1.807) is 6.07 Å². The van der Waals surface area contributed by atoms with E-state index in [1.165, 1.54) is 30.5 Å². The van der Waals surface area contributed by atoms with Crippen LogP contribution in [-0.4, -0.2) is 6.61 Å². The predicted molar refractivity (Wildman–Crippen MR) is 141 cm³/mol. The highest BCUT2D eigenvalue weighted by Gasteiger charge is 2.36. The smallest absolute Gasteiger partial charge is 0.316 e. The Labute approximate surface area is 214 Å². The normalized spacial score (nSPS) is 25.2. The van der Waals surface area contributed by atoms with Crippen molar-refractivity contribution in [3.63, 3.8) is 0 Å². The van der Waals surface area contributed by atoms with E-state index in [9.17, 15) is 13.2 Å². The minimum Gasteiger partial charge on any atom is -0.316 e. The molecule has 2 aliphatic carbocycles. The van der Waals surface area contributed by atoms with E-state index < -0.39 is 17.5 Å². The maximum absolute atomic E-state index is 14.7. The van der Waals surface area contributed by atoms with Gasteiger partial charge in [-0.3, -0.25) is 0 Å². The summed E-state index contributed by atoms with van der Waals surface area (Å²) in [5, 5.41) is 0. The molecule has 0 radical (unpaired) electrons. The van der Waals surface area contributed by atoms with Crippen molar-refractivity contribution in [3.8, 4) is 0 Å². The molecule has 0 saturated heterocycles. The summed E-state index contributed by atoms with van der Waals surface area (Å²) >= 11 is 0. The Bertz CT molecular complexity index is 1010. The summed E-state index contributed by atoms with van der Waals surface area (Å²) in [5.41, 5.74) is 2.38. The topological polar surface area (TPSA) is 9.23 Å². The van der Waals surface area contributed by atoms with Crippen LogP contribution in [-0.2, 0) is 17.3 Å². The zero-order valence-electron chi connectivity index (χ0n) is 21.4. The lowest BCUT2D eigenvalue weighted by atomic mass is 9.78. The van der Waals surface area contributed by atoms with Gasteiger partial charge < -0.3 is 4.74 Å². The molecular weight excluding hydrogens is 457 g/mol. The summed E-state index contributed by atoms with van der Waals surface area (Å²) in [7, 11) is 0. The van der Waals surface area contributed by atoms with Gasteiger partial charge in [0.05, 0.1) is 12.2 Å². The summed E-state index contributed by atoms with van der Waals surface area (Å²) in [6.45, 7) is 5.76. The molecule has 0 heterocycles. The van der Waals surface area contributed by atoms with Crippen LogP contribution < -0.4 is 0 Å². The number of benzene rings is 2. The Morgan fingerprint density at radius 1 is 0.861 bits per heavy atom. The molecule has 2 aromatic rings. The van der Waals surface area contributed by atoms with Gasteiger partial charge in [0.1, 0.15) is 5.82 Å². The highest BCUT2D eigenvalue weighted by atomic mass is 19.3. The lowest BCUT2D eigenvalue weighted by Crippen LogP contribution is -2.22. The van der Waals surface area contributed by atoms with E-state index in [2.05, 4.69) is 36.9 Å². The molecule has 4 heteroatoms. The van der Waals surface area contributed by atoms with E-state index >= 15 is 0 Å². The molecule has 0 bridgehead atoms. The molecule has 0 unspecified atom stereocenters. The molecule has 194 valence electrons. The largest absolute Gasteiger partial charge is 0.386 e. The first-order valence-corrected chi connectivity index (χ1v) is 13.6. The van der Waals surface area contributed by atoms with Gasteiger partial charge in [0.2, 0.25) is 0 Å². The van der Waals surface area contributed by atoms with Crippen LogP contribution in [0.15, 0.2) is 67.3 Å². The van der Waals surface area contributed by atoms with Crippen molar-refractivity contribution in [2.75, 3.05) is 6.61 Å². The summed E-state index contributed by atoms with van der Waals surface area (Å²) in [5.74, 6) is 1.10. The van der Waals surface area contributed by atoms with Gasteiger partial charge in [-0.25, -0.2) is 4.39 Å². The van der Waals surface area contributed by atoms with Crippen molar-refractivity contribution < 1.29 is 17.9 Å². The van der Waals surface area contributed by atoms with E-state index in [-0.39, 0.29) is 12.5 Å². The van der Waals surface area contributed by atoms with E-state index in [1.807, 2.05) is 19.1 Å². The molecule has 2 aromatic carbocycles. The Kier molecular flexibility index (Phi) is 9.11. The second-order valence-corrected chi connectivity index (χ2v) is 10.6. The first-order chi connectivity index (χ1) is 17.4. The lowest BCUT2D eigenvalue weighted by Gasteiger charge is -2.27. The third-order valence-corrected chi connectivity index (χ3v) is 8.24. The molecule has 0 N–H and O–H groups in total. The van der Waals surface area contributed by atoms with Crippen LogP contribution in [0.4, 0.5) is 13.2 Å². The highest BCUT2D eigenvalue weighted by Crippen LogP contribution is 2.39. The molecule has 4 rings (SSSR count). The second-order valence-electron chi connectivity index (χ2n) is 10.6. The molecule has 1 nitrogen and oxygen atoms in total. The summed E-state index contributed by atoms with van der Waals surface area (Å²) in [6.07, 6.45) is 11.7. The average Bonchev–Trinajstić information content (AvgIpc) is 2.89. The van der Waals surface area contributed by atoms with E-state index in [0.29, 0.717) is 24.2 Å². The van der Waals surface area contributed by atoms with E-state index in [4.69, 9.17) is 4.74 Å². The van der Waals surface area contributed by atoms with Gasteiger partial charge in [-0.1, -0.05) is 48.6 Å². The number of halogens is 3. The Balaban J connectivity index is 1.28. The van der Waals surface area contributed by atoms with Gasteiger partial charge in [0.25, 0.3) is 0 Å². The van der Waals surface area contributed by atoms with Crippen molar-refractivity contribution in [2.24, 2.45) is 11.8 Å². The van der Waals surface area contributed by atoms with E-state index in [0.717, 1.165) is 49.7 Å². The molecule has 0 aromatic heterocycles. The van der Waals surface area contributed by atoms with Gasteiger partial charge in [-0.15, -0.1) is 6.58 Å². The number of hydrogen-bond acceptors (Lipinski definition) is 1. The summed E-state index contributed by atoms with van der Waals surface area (Å²) in [4.78, 5) is 0. The van der Waals surface area contributed by atoms with Gasteiger partial charge in [0, 0.05) is 0 Å². The number of allylic oxidation sites excluding steroid dienone is 3. The predicted octanol–water partition coefficient (Wildman–Crippen LogP) is 9.44. The zero-order chi connectivity index (χ0) is 25.5. The summed E-state index contributed by atoms with van der Waals surface area (Å²) in [6, 6.07) is 12.4. The summed E-state index contributed by atoms with van der Waals surface area (Å²) < 4.78 is 49.1. The number of rotatable bonds is 9. The van der Waals surface area contributed by atoms with Gasteiger partial charge in [-0.2, -0.15) is 8.78 Å². The fourth-order valence-corrected chi connectivity index (χ4v) is 5.96. The third kappa shape index (κ3) is 6.70. The van der Waals surface area contributed by atoms with Crippen molar-refractivity contribution >= 4 is 0 Å². The second kappa shape index (κ2) is 12.3. The van der Waals surface area contributed by atoms with Crippen LogP contribution in [0.25, 0.3) is 0 Å². The van der Waals surface area contributed by atoms with Crippen LogP contribution in [0, 0.1) is 17.7 Å². The highest BCUT2D eigenvalue weighted by molar-refractivity contribution is 5.30. The van der Waals surface area contributed by atoms with Gasteiger partial charge >= 0.3 is 6.11 Å². The number of alkyl halides is 2. The van der Waals surface area contributed by atoms with Crippen LogP contribution in [0.3, 0.4) is 0 Å². The van der Waals surface area contributed by atoms with Crippen molar-refractivity contribution in [1.29, 1.82) is 0 Å². The first-order valence-electron chi connectivity index (χ1n) is 13.6. The van der Waals surface area contributed by atoms with Gasteiger partial charge in [0.15, 0.2) is 0 Å². The SMILES string of the molecule is C=CC1CCC(c2ccc(CCOC(F)(F)c3ccc(C4CCC(C=CC)CC4)cc3F)cc2)CC1. The quantitative estimate of drug-likeness (QED) is 0.314. The Morgan fingerprint density at radius 3 is 2.03 bits per heavy atom. The maximum Gasteiger partial charge on any atom is 0.386 e. The third-order valence-electron chi connectivity index (χ3n) is 8.24. The molecular formula is C32H39F3O. The first kappa shape index (κ1) is 26.7. The maximum atomic E-state index is 14.7. The minimum absolute atomic E-state index is 0.174. The number of ether oxygens (including phenoxy) is 1. The molecule has 2 fully saturated rings. The van der Waals surface area contributed by atoms with Crippen molar-refractivity contribution in [2.45, 2.75) is 82.7 Å². The van der Waals surface area contributed by atoms with Crippen LogP contribution in [0.1, 0.15) is 92.4 Å². The zero-order valence-corrected chi connectivity index (χ0v) is 21.4. The Hall–Kier alpha value is -2.33. The minimum atomic E-state index is -3.66. The molecule has 0 spiro atoms. The lowest BCUT2D eigenvalue weighted by molar-refractivity contribution is -0.249. The standard InChI is InChI=1S/C32H39F3O/c1-3-5-24-8-16-28(17-9-24)29-18-19-30(31(33)22-29)32(34,35)36-21-20-25-10-14-27(15-11-25)26-12-6-23(4-2)7-13-26/h3-5,10-11,14-15,18-19,22-24,26,28H,2,6-9,12-13,16-17,20-21H2,1H3. The molecule has 2 saturated carbocycles. The molecule has 0 atom stereocenters. The van der Waals surface area contributed by atoms with Crippen LogP contribution in [0.2, 0.25) is 0 Å². The molecule has 0 aliphatic heterocycles. The van der Waals surface area contributed by atoms with Gasteiger partial charge in [-0.05, 0) is 117 Å². The fraction of sp³-hybridized carbons (Fsp3) is 0.500. The monoisotopic (exact) mass is 496 g/mol. The van der Waals surface area contributed by atoms with Crippen LogP contribution in [0.5, 0.6) is 0 Å². The Morgan fingerprint density at radius 2 is 1.44 bits per heavy atom. The van der Waals surface area contributed by atoms with Crippen molar-refractivity contribution in [1.82, 2.24) is 0 Å². The molecule has 36 heavy (non-hydrogen) atoms. The number of hydrogen-bond donors (Lipinski definition) is 0.